The lowest BCUT2D eigenvalue weighted by atomic mass is 9.89. The Kier molecular flexibility index (Phi) is 4.95. The number of aromatic nitrogens is 4. The Morgan fingerprint density at radius 1 is 1.15 bits per heavy atom. The maximum absolute atomic E-state index is 13.1. The number of benzene rings is 1. The molecule has 0 unspecified atom stereocenters. The van der Waals surface area contributed by atoms with Crippen LogP contribution in [-0.2, 0) is 30.6 Å². The molecule has 2 aliphatic carbocycles. The summed E-state index contributed by atoms with van der Waals surface area (Å²) in [5.41, 5.74) is 5.00. The van der Waals surface area contributed by atoms with E-state index < -0.39 is 0 Å². The Bertz CT molecular complexity index is 1440. The molecule has 0 spiro atoms. The second-order valence-corrected chi connectivity index (χ2v) is 12.1. The van der Waals surface area contributed by atoms with Crippen molar-refractivity contribution in [2.45, 2.75) is 63.1 Å². The van der Waals surface area contributed by atoms with Gasteiger partial charge in [-0.25, -0.2) is 4.98 Å². The largest absolute Gasteiger partial charge is 0.337 e. The van der Waals surface area contributed by atoms with E-state index in [-0.39, 0.29) is 5.91 Å². The van der Waals surface area contributed by atoms with Gasteiger partial charge < -0.3 is 4.90 Å². The Hall–Kier alpha value is -2.45. The molecule has 1 aliphatic heterocycles. The van der Waals surface area contributed by atoms with Gasteiger partial charge in [0.2, 0.25) is 5.91 Å². The third-order valence-electron chi connectivity index (χ3n) is 7.55. The van der Waals surface area contributed by atoms with Crippen molar-refractivity contribution in [3.05, 3.63) is 51.7 Å². The average molecular weight is 490 g/mol. The van der Waals surface area contributed by atoms with E-state index in [0.717, 1.165) is 53.2 Å². The number of hydrogen-bond donors (Lipinski definition) is 0. The van der Waals surface area contributed by atoms with Crippen LogP contribution in [0, 0.1) is 5.92 Å². The van der Waals surface area contributed by atoms with E-state index >= 15 is 0 Å². The van der Waals surface area contributed by atoms with Gasteiger partial charge in [0, 0.05) is 23.9 Å². The lowest BCUT2D eigenvalue weighted by Crippen LogP contribution is -2.37. The van der Waals surface area contributed by atoms with Gasteiger partial charge in [0.05, 0.1) is 11.1 Å². The first kappa shape index (κ1) is 20.9. The van der Waals surface area contributed by atoms with Crippen molar-refractivity contribution in [1.82, 2.24) is 24.5 Å². The van der Waals surface area contributed by atoms with Crippen molar-refractivity contribution in [3.63, 3.8) is 0 Å². The normalized spacial score (nSPS) is 20.0. The Morgan fingerprint density at radius 3 is 2.85 bits per heavy atom. The third-order valence-corrected chi connectivity index (χ3v) is 9.61. The molecule has 3 aliphatic rings. The van der Waals surface area contributed by atoms with E-state index in [0.29, 0.717) is 18.2 Å². The lowest BCUT2D eigenvalue weighted by Gasteiger charge is -2.28. The summed E-state index contributed by atoms with van der Waals surface area (Å²) in [6.45, 7) is 3.83. The van der Waals surface area contributed by atoms with Crippen LogP contribution in [-0.4, -0.2) is 42.7 Å². The first-order valence-corrected chi connectivity index (χ1v) is 14.1. The lowest BCUT2D eigenvalue weighted by molar-refractivity contribution is -0.129. The van der Waals surface area contributed by atoms with Crippen LogP contribution < -0.4 is 0 Å². The summed E-state index contributed by atoms with van der Waals surface area (Å²) in [5.74, 6) is 2.84. The van der Waals surface area contributed by atoms with Crippen LogP contribution in [0.4, 0.5) is 0 Å². The smallest absolute Gasteiger partial charge is 0.233 e. The molecule has 1 saturated carbocycles. The number of rotatable bonds is 4. The summed E-state index contributed by atoms with van der Waals surface area (Å²) in [6.07, 6.45) is 6.73. The van der Waals surface area contributed by atoms with Gasteiger partial charge in [0.1, 0.15) is 10.7 Å². The fourth-order valence-electron chi connectivity index (χ4n) is 5.47. The molecule has 4 aromatic rings. The summed E-state index contributed by atoms with van der Waals surface area (Å²) in [4.78, 5) is 22.8. The summed E-state index contributed by atoms with van der Waals surface area (Å²) < 4.78 is 2.18. The zero-order chi connectivity index (χ0) is 22.8. The van der Waals surface area contributed by atoms with Crippen molar-refractivity contribution >= 4 is 44.9 Å². The first-order valence-electron chi connectivity index (χ1n) is 12.3. The molecule has 0 saturated heterocycles. The van der Waals surface area contributed by atoms with Gasteiger partial charge in [-0.05, 0) is 61.1 Å². The van der Waals surface area contributed by atoms with Crippen LogP contribution in [0.25, 0.3) is 15.9 Å². The molecule has 34 heavy (non-hydrogen) atoms. The topological polar surface area (TPSA) is 63.4 Å². The quantitative estimate of drug-likeness (QED) is 0.377. The second-order valence-electron chi connectivity index (χ2n) is 10.0. The zero-order valence-electron chi connectivity index (χ0n) is 19.3. The molecule has 174 valence electrons. The molecule has 3 aromatic heterocycles. The fourth-order valence-corrected chi connectivity index (χ4v) is 7.70. The highest BCUT2D eigenvalue weighted by Crippen LogP contribution is 2.44. The number of fused-ring (bicyclic) bond motifs is 6. The van der Waals surface area contributed by atoms with Gasteiger partial charge in [-0.15, -0.1) is 21.5 Å². The molecule has 0 bridgehead atoms. The van der Waals surface area contributed by atoms with Crippen LogP contribution in [0.1, 0.15) is 59.5 Å². The Morgan fingerprint density at radius 2 is 2.00 bits per heavy atom. The fraction of sp³-hybridized carbons (Fsp3) is 0.462. The van der Waals surface area contributed by atoms with Gasteiger partial charge >= 0.3 is 0 Å². The molecule has 6 nitrogen and oxygen atoms in total. The van der Waals surface area contributed by atoms with Crippen molar-refractivity contribution in [2.75, 3.05) is 12.3 Å². The number of amides is 1. The predicted octanol–water partition coefficient (Wildman–Crippen LogP) is 5.02. The molecule has 0 radical (unpaired) electrons. The van der Waals surface area contributed by atoms with Gasteiger partial charge in [0.25, 0.3) is 0 Å². The highest BCUT2D eigenvalue weighted by molar-refractivity contribution is 7.99. The number of nitrogens with zero attached hydrogens (tertiary/aromatic N) is 5. The molecular weight excluding hydrogens is 462 g/mol. The van der Waals surface area contributed by atoms with Gasteiger partial charge in [0.15, 0.2) is 10.8 Å². The van der Waals surface area contributed by atoms with Crippen molar-refractivity contribution < 1.29 is 4.79 Å². The monoisotopic (exact) mass is 489 g/mol. The van der Waals surface area contributed by atoms with E-state index in [9.17, 15) is 4.79 Å². The van der Waals surface area contributed by atoms with E-state index in [4.69, 9.17) is 4.98 Å². The van der Waals surface area contributed by atoms with E-state index in [2.05, 4.69) is 45.8 Å². The molecule has 1 amide bonds. The molecule has 1 aromatic carbocycles. The summed E-state index contributed by atoms with van der Waals surface area (Å²) in [6, 6.07) is 8.44. The van der Waals surface area contributed by atoms with Crippen molar-refractivity contribution in [1.29, 1.82) is 0 Å². The van der Waals surface area contributed by atoms with E-state index in [1.54, 1.807) is 0 Å². The summed E-state index contributed by atoms with van der Waals surface area (Å²) in [5, 5.41) is 11.3. The summed E-state index contributed by atoms with van der Waals surface area (Å²) >= 11 is 3.37. The molecule has 0 N–H and O–H groups in total. The molecule has 7 rings (SSSR count). The Balaban J connectivity index is 1.20. The van der Waals surface area contributed by atoms with Gasteiger partial charge in [-0.2, -0.15) is 0 Å². The van der Waals surface area contributed by atoms with Crippen molar-refractivity contribution in [3.8, 4) is 0 Å². The minimum absolute atomic E-state index is 0.167. The number of thiophene rings is 1. The number of carbonyl (C=O) groups excluding carboxylic acids is 1. The zero-order valence-corrected chi connectivity index (χ0v) is 20.9. The van der Waals surface area contributed by atoms with E-state index in [1.165, 1.54) is 58.0 Å². The molecule has 1 fully saturated rings. The van der Waals surface area contributed by atoms with E-state index in [1.807, 2.05) is 16.2 Å². The van der Waals surface area contributed by atoms with Crippen LogP contribution >= 0.6 is 23.1 Å². The minimum Gasteiger partial charge on any atom is -0.337 e. The number of thioether (sulfide) groups is 1. The first-order chi connectivity index (χ1) is 16.7. The van der Waals surface area contributed by atoms with Crippen LogP contribution in [0.3, 0.4) is 0 Å². The molecule has 4 heterocycles. The maximum Gasteiger partial charge on any atom is 0.233 e. The third kappa shape index (κ3) is 3.45. The SMILES string of the molecule is C[C@H]1CCc2c(sc3nc(C4CC4)n4c(SCC(=O)N5CCc6ccccc6C5)nnc4c23)C1. The predicted molar refractivity (Wildman–Crippen MR) is 136 cm³/mol. The highest BCUT2D eigenvalue weighted by atomic mass is 32.2. The molecule has 1 atom stereocenters. The standard InChI is InChI=1S/C26H27N5OS2/c1-15-6-9-19-20(12-15)34-25-22(19)24-28-29-26(31(24)23(27-25)17-7-8-17)33-14-21(32)30-11-10-16-4-2-3-5-18(16)13-30/h2-5,15,17H,6-14H2,1H3/t15-/m0/s1. The van der Waals surface area contributed by atoms with Gasteiger partial charge in [-0.1, -0.05) is 43.0 Å². The maximum atomic E-state index is 13.1. The van der Waals surface area contributed by atoms with Crippen LogP contribution in [0.15, 0.2) is 29.4 Å². The van der Waals surface area contributed by atoms with Crippen molar-refractivity contribution in [2.24, 2.45) is 5.92 Å². The molecule has 8 heteroatoms. The van der Waals surface area contributed by atoms with Gasteiger partial charge in [-0.3, -0.25) is 9.20 Å². The number of hydrogen-bond acceptors (Lipinski definition) is 6. The second kappa shape index (κ2) is 8.05. The van der Waals surface area contributed by atoms with Crippen LogP contribution in [0.2, 0.25) is 0 Å². The molecular formula is C26H27N5OS2. The average Bonchev–Trinajstić information content (AvgIpc) is 3.52. The van der Waals surface area contributed by atoms with Crippen LogP contribution in [0.5, 0.6) is 0 Å². The Labute approximate surface area is 206 Å². The minimum atomic E-state index is 0.167. The number of aryl methyl sites for hydroxylation is 1. The highest BCUT2D eigenvalue weighted by Gasteiger charge is 2.32. The summed E-state index contributed by atoms with van der Waals surface area (Å²) in [7, 11) is 0. The number of carbonyl (C=O) groups is 1.